The first-order valence-corrected chi connectivity index (χ1v) is 8.88. The van der Waals surface area contributed by atoms with Crippen LogP contribution in [0.3, 0.4) is 0 Å². The molecule has 0 unspecified atom stereocenters. The molecule has 2 amide bonds. The summed E-state index contributed by atoms with van der Waals surface area (Å²) in [5, 5.41) is 5.82. The molecular weight excluding hydrogens is 330 g/mol. The monoisotopic (exact) mass is 353 g/mol. The summed E-state index contributed by atoms with van der Waals surface area (Å²) in [5.74, 6) is 0.197. The third kappa shape index (κ3) is 4.59. The summed E-state index contributed by atoms with van der Waals surface area (Å²) in [6, 6.07) is 10.4. The van der Waals surface area contributed by atoms with Crippen LogP contribution in [0.1, 0.15) is 53.0 Å². The van der Waals surface area contributed by atoms with Gasteiger partial charge in [-0.05, 0) is 49.2 Å². The van der Waals surface area contributed by atoms with Crippen LogP contribution in [-0.2, 0) is 0 Å². The summed E-state index contributed by atoms with van der Waals surface area (Å²) < 4.78 is 5.09. The van der Waals surface area contributed by atoms with Crippen LogP contribution in [0.2, 0.25) is 0 Å². The van der Waals surface area contributed by atoms with Gasteiger partial charge in [-0.1, -0.05) is 19.3 Å². The highest BCUT2D eigenvalue weighted by molar-refractivity contribution is 6.04. The average molecular weight is 353 g/mol. The molecule has 1 aromatic heterocycles. The standard InChI is InChI=1S/C20H23N3O3/c1-26-17-9-7-16(8-10-17)23-20(25)18-13-14(11-12-21-18)19(24)22-15-5-3-2-4-6-15/h7-13,15H,2-6H2,1H3,(H,22,24)(H,23,25). The third-order valence-corrected chi connectivity index (χ3v) is 4.54. The first-order valence-electron chi connectivity index (χ1n) is 8.88. The highest BCUT2D eigenvalue weighted by Gasteiger charge is 2.18. The van der Waals surface area contributed by atoms with Crippen LogP contribution in [0.15, 0.2) is 42.6 Å². The summed E-state index contributed by atoms with van der Waals surface area (Å²) in [6.45, 7) is 0. The van der Waals surface area contributed by atoms with Crippen molar-refractivity contribution < 1.29 is 14.3 Å². The normalized spacial score (nSPS) is 14.5. The van der Waals surface area contributed by atoms with E-state index in [4.69, 9.17) is 4.74 Å². The van der Waals surface area contributed by atoms with E-state index >= 15 is 0 Å². The van der Waals surface area contributed by atoms with E-state index in [1.807, 2.05) is 0 Å². The Morgan fingerprint density at radius 1 is 1.04 bits per heavy atom. The lowest BCUT2D eigenvalue weighted by Gasteiger charge is -2.22. The van der Waals surface area contributed by atoms with E-state index in [1.165, 1.54) is 18.7 Å². The number of carbonyl (C=O) groups is 2. The summed E-state index contributed by atoms with van der Waals surface area (Å²) in [5.41, 5.74) is 1.29. The Morgan fingerprint density at radius 2 is 1.77 bits per heavy atom. The number of hydrogen-bond acceptors (Lipinski definition) is 4. The molecule has 0 aliphatic heterocycles. The summed E-state index contributed by atoms with van der Waals surface area (Å²) in [6.07, 6.45) is 7.05. The molecule has 26 heavy (non-hydrogen) atoms. The Morgan fingerprint density at radius 3 is 2.46 bits per heavy atom. The van der Waals surface area contributed by atoms with Gasteiger partial charge in [-0.15, -0.1) is 0 Å². The van der Waals surface area contributed by atoms with Crippen molar-refractivity contribution in [2.75, 3.05) is 12.4 Å². The predicted octanol–water partition coefficient (Wildman–Crippen LogP) is 3.41. The van der Waals surface area contributed by atoms with Gasteiger partial charge in [-0.2, -0.15) is 0 Å². The highest BCUT2D eigenvalue weighted by atomic mass is 16.5. The Bertz CT molecular complexity index is 768. The number of carbonyl (C=O) groups excluding carboxylic acids is 2. The van der Waals surface area contributed by atoms with Gasteiger partial charge in [0.05, 0.1) is 7.11 Å². The third-order valence-electron chi connectivity index (χ3n) is 4.54. The number of amides is 2. The topological polar surface area (TPSA) is 80.3 Å². The minimum absolute atomic E-state index is 0.155. The molecule has 0 spiro atoms. The maximum absolute atomic E-state index is 12.4. The molecule has 136 valence electrons. The number of hydrogen-bond donors (Lipinski definition) is 2. The minimum atomic E-state index is -0.359. The zero-order chi connectivity index (χ0) is 18.4. The van der Waals surface area contributed by atoms with Gasteiger partial charge in [0.15, 0.2) is 0 Å². The van der Waals surface area contributed by atoms with Gasteiger partial charge in [0.2, 0.25) is 0 Å². The van der Waals surface area contributed by atoms with Crippen molar-refractivity contribution in [3.63, 3.8) is 0 Å². The van der Waals surface area contributed by atoms with E-state index in [2.05, 4.69) is 15.6 Å². The second-order valence-electron chi connectivity index (χ2n) is 6.42. The van der Waals surface area contributed by atoms with Crippen LogP contribution in [0.5, 0.6) is 5.75 Å². The number of aromatic nitrogens is 1. The van der Waals surface area contributed by atoms with Crippen molar-refractivity contribution in [1.29, 1.82) is 0 Å². The summed E-state index contributed by atoms with van der Waals surface area (Å²) >= 11 is 0. The lowest BCUT2D eigenvalue weighted by atomic mass is 9.95. The maximum Gasteiger partial charge on any atom is 0.274 e. The fraction of sp³-hybridized carbons (Fsp3) is 0.350. The molecule has 0 radical (unpaired) electrons. The number of pyridine rings is 1. The molecular formula is C20H23N3O3. The van der Waals surface area contributed by atoms with Gasteiger partial charge in [0.25, 0.3) is 11.8 Å². The number of anilines is 1. The molecule has 1 aromatic carbocycles. The lowest BCUT2D eigenvalue weighted by Crippen LogP contribution is -2.36. The minimum Gasteiger partial charge on any atom is -0.497 e. The smallest absolute Gasteiger partial charge is 0.274 e. The second-order valence-corrected chi connectivity index (χ2v) is 6.42. The number of benzene rings is 1. The second kappa shape index (κ2) is 8.47. The Kier molecular flexibility index (Phi) is 5.84. The molecule has 1 aliphatic rings. The summed E-state index contributed by atoms with van der Waals surface area (Å²) in [7, 11) is 1.58. The molecule has 0 atom stereocenters. The van der Waals surface area contributed by atoms with Crippen LogP contribution in [0.25, 0.3) is 0 Å². The molecule has 3 rings (SSSR count). The van der Waals surface area contributed by atoms with E-state index in [-0.39, 0.29) is 23.6 Å². The molecule has 1 saturated carbocycles. The number of nitrogens with zero attached hydrogens (tertiary/aromatic N) is 1. The molecule has 2 N–H and O–H groups in total. The van der Waals surface area contributed by atoms with Crippen molar-refractivity contribution in [2.45, 2.75) is 38.1 Å². The van der Waals surface area contributed by atoms with Crippen molar-refractivity contribution >= 4 is 17.5 Å². The number of ether oxygens (including phenoxy) is 1. The van der Waals surface area contributed by atoms with E-state index in [0.29, 0.717) is 17.0 Å². The SMILES string of the molecule is COc1ccc(NC(=O)c2cc(C(=O)NC3CCCCC3)ccn2)cc1. The fourth-order valence-electron chi connectivity index (χ4n) is 3.08. The van der Waals surface area contributed by atoms with Gasteiger partial charge in [0.1, 0.15) is 11.4 Å². The van der Waals surface area contributed by atoms with Crippen LogP contribution in [0, 0.1) is 0 Å². The van der Waals surface area contributed by atoms with Crippen molar-refractivity contribution in [1.82, 2.24) is 10.3 Å². The van der Waals surface area contributed by atoms with E-state index < -0.39 is 0 Å². The molecule has 0 bridgehead atoms. The van der Waals surface area contributed by atoms with Crippen LogP contribution in [0.4, 0.5) is 5.69 Å². The lowest BCUT2D eigenvalue weighted by molar-refractivity contribution is 0.0927. The fourth-order valence-corrected chi connectivity index (χ4v) is 3.08. The zero-order valence-electron chi connectivity index (χ0n) is 14.8. The van der Waals surface area contributed by atoms with Gasteiger partial charge in [-0.3, -0.25) is 14.6 Å². The molecule has 6 nitrogen and oxygen atoms in total. The molecule has 6 heteroatoms. The van der Waals surface area contributed by atoms with E-state index in [9.17, 15) is 9.59 Å². The summed E-state index contributed by atoms with van der Waals surface area (Å²) in [4.78, 5) is 28.9. The Hall–Kier alpha value is -2.89. The number of rotatable bonds is 5. The van der Waals surface area contributed by atoms with Crippen molar-refractivity contribution in [2.24, 2.45) is 0 Å². The quantitative estimate of drug-likeness (QED) is 0.863. The number of nitrogens with one attached hydrogen (secondary N) is 2. The Labute approximate surface area is 153 Å². The van der Waals surface area contributed by atoms with Gasteiger partial charge < -0.3 is 15.4 Å². The van der Waals surface area contributed by atoms with Gasteiger partial charge in [-0.25, -0.2) is 0 Å². The largest absolute Gasteiger partial charge is 0.497 e. The Balaban J connectivity index is 1.65. The van der Waals surface area contributed by atoms with Crippen LogP contribution in [-0.4, -0.2) is 29.9 Å². The van der Waals surface area contributed by atoms with Crippen molar-refractivity contribution in [3.05, 3.63) is 53.9 Å². The molecule has 1 fully saturated rings. The first kappa shape index (κ1) is 17.9. The van der Waals surface area contributed by atoms with Crippen molar-refractivity contribution in [3.8, 4) is 5.75 Å². The maximum atomic E-state index is 12.4. The first-order chi connectivity index (χ1) is 12.7. The molecule has 1 aliphatic carbocycles. The highest BCUT2D eigenvalue weighted by Crippen LogP contribution is 2.18. The molecule has 2 aromatic rings. The van der Waals surface area contributed by atoms with Gasteiger partial charge in [0, 0.05) is 23.5 Å². The van der Waals surface area contributed by atoms with Crippen LogP contribution >= 0.6 is 0 Å². The van der Waals surface area contributed by atoms with E-state index in [0.717, 1.165) is 25.7 Å². The number of methoxy groups -OCH3 is 1. The van der Waals surface area contributed by atoms with Crippen LogP contribution < -0.4 is 15.4 Å². The molecule has 0 saturated heterocycles. The zero-order valence-corrected chi connectivity index (χ0v) is 14.8. The average Bonchev–Trinajstić information content (AvgIpc) is 2.69. The predicted molar refractivity (Wildman–Crippen MR) is 99.5 cm³/mol. The van der Waals surface area contributed by atoms with Gasteiger partial charge >= 0.3 is 0 Å². The van der Waals surface area contributed by atoms with E-state index in [1.54, 1.807) is 37.4 Å². The molecule has 1 heterocycles.